The lowest BCUT2D eigenvalue weighted by Gasteiger charge is -2.08. The molecule has 6 aromatic carbocycles. The minimum atomic E-state index is 1.19. The van der Waals surface area contributed by atoms with Crippen molar-refractivity contribution in [3.05, 3.63) is 127 Å². The predicted molar refractivity (Wildman–Crippen MR) is 158 cm³/mol. The van der Waals surface area contributed by atoms with E-state index in [1.54, 1.807) is 0 Å². The van der Waals surface area contributed by atoms with Crippen molar-refractivity contribution in [2.24, 2.45) is 7.05 Å². The molecule has 0 amide bonds. The third-order valence-electron chi connectivity index (χ3n) is 7.90. The van der Waals surface area contributed by atoms with Crippen LogP contribution >= 0.6 is 0 Å². The van der Waals surface area contributed by atoms with E-state index in [9.17, 15) is 0 Å². The number of para-hydroxylation sites is 2. The number of rotatable bonds is 2. The summed E-state index contributed by atoms with van der Waals surface area (Å²) in [5, 5.41) is 7.74. The molecule has 2 aromatic heterocycles. The van der Waals surface area contributed by atoms with Gasteiger partial charge in [-0.15, -0.1) is 0 Å². The van der Waals surface area contributed by atoms with Crippen LogP contribution in [0.2, 0.25) is 0 Å². The molecule has 2 nitrogen and oxygen atoms in total. The summed E-state index contributed by atoms with van der Waals surface area (Å²) in [6.45, 7) is 0. The van der Waals surface area contributed by atoms with Gasteiger partial charge in [-0.2, -0.15) is 0 Å². The van der Waals surface area contributed by atoms with Gasteiger partial charge >= 0.3 is 0 Å². The van der Waals surface area contributed by atoms with Crippen LogP contribution in [-0.2, 0) is 7.05 Å². The molecule has 37 heavy (non-hydrogen) atoms. The van der Waals surface area contributed by atoms with Gasteiger partial charge in [0.25, 0.3) is 0 Å². The monoisotopic (exact) mass is 472 g/mol. The van der Waals surface area contributed by atoms with Crippen LogP contribution in [0.5, 0.6) is 0 Å². The van der Waals surface area contributed by atoms with Crippen molar-refractivity contribution in [2.75, 3.05) is 0 Å². The molecular weight excluding hydrogens is 448 g/mol. The first-order valence-corrected chi connectivity index (χ1v) is 12.8. The molecule has 8 aromatic rings. The highest BCUT2D eigenvalue weighted by Crippen LogP contribution is 2.38. The Morgan fingerprint density at radius 2 is 1.05 bits per heavy atom. The second-order valence-corrected chi connectivity index (χ2v) is 9.89. The summed E-state index contributed by atoms with van der Waals surface area (Å²) >= 11 is 0. The average molecular weight is 473 g/mol. The maximum Gasteiger partial charge on any atom is 0.0568 e. The Morgan fingerprint density at radius 3 is 1.86 bits per heavy atom. The van der Waals surface area contributed by atoms with Crippen LogP contribution in [-0.4, -0.2) is 9.13 Å². The molecule has 2 heteroatoms. The van der Waals surface area contributed by atoms with Gasteiger partial charge in [0.1, 0.15) is 0 Å². The number of hydrogen-bond donors (Lipinski definition) is 0. The normalized spacial score (nSPS) is 11.9. The molecule has 0 saturated heterocycles. The van der Waals surface area contributed by atoms with Crippen LogP contribution in [0.15, 0.2) is 127 Å². The van der Waals surface area contributed by atoms with Gasteiger partial charge in [0, 0.05) is 45.2 Å². The van der Waals surface area contributed by atoms with Crippen molar-refractivity contribution >= 4 is 54.4 Å². The molecule has 0 fully saturated rings. The number of benzene rings is 6. The van der Waals surface area contributed by atoms with Crippen molar-refractivity contribution in [3.63, 3.8) is 0 Å². The summed E-state index contributed by atoms with van der Waals surface area (Å²) in [7, 11) is 2.18. The summed E-state index contributed by atoms with van der Waals surface area (Å²) in [4.78, 5) is 0. The Hall–Kier alpha value is -4.82. The average Bonchev–Trinajstić information content (AvgIpc) is 3.45. The van der Waals surface area contributed by atoms with Crippen LogP contribution in [0.25, 0.3) is 71.2 Å². The van der Waals surface area contributed by atoms with Gasteiger partial charge in [0.2, 0.25) is 0 Å². The van der Waals surface area contributed by atoms with E-state index in [4.69, 9.17) is 0 Å². The van der Waals surface area contributed by atoms with Crippen molar-refractivity contribution in [1.82, 2.24) is 9.13 Å². The third-order valence-corrected chi connectivity index (χ3v) is 7.90. The van der Waals surface area contributed by atoms with Crippen LogP contribution in [0, 0.1) is 0 Å². The topological polar surface area (TPSA) is 9.86 Å². The highest BCUT2D eigenvalue weighted by molar-refractivity contribution is 6.18. The molecule has 0 N–H and O–H groups in total. The van der Waals surface area contributed by atoms with Gasteiger partial charge in [0.15, 0.2) is 0 Å². The van der Waals surface area contributed by atoms with E-state index >= 15 is 0 Å². The zero-order chi connectivity index (χ0) is 24.5. The molecule has 0 atom stereocenters. The fourth-order valence-electron chi connectivity index (χ4n) is 6.19. The number of aryl methyl sites for hydroxylation is 1. The van der Waals surface area contributed by atoms with E-state index in [1.807, 2.05) is 0 Å². The van der Waals surface area contributed by atoms with Gasteiger partial charge in [-0.3, -0.25) is 0 Å². The third kappa shape index (κ3) is 2.87. The minimum absolute atomic E-state index is 1.19. The lowest BCUT2D eigenvalue weighted by Crippen LogP contribution is -1.92. The molecule has 0 aliphatic rings. The zero-order valence-corrected chi connectivity index (χ0v) is 20.5. The summed E-state index contributed by atoms with van der Waals surface area (Å²) in [6, 6.07) is 46.3. The first-order valence-electron chi connectivity index (χ1n) is 12.8. The quantitative estimate of drug-likeness (QED) is 0.237. The Labute approximate surface area is 214 Å². The summed E-state index contributed by atoms with van der Waals surface area (Å²) < 4.78 is 4.71. The maximum atomic E-state index is 2.37. The SMILES string of the molecule is Cn1c2ccc(-c3ccc4c(c3)c3ccccc3n4-c3ccccc3)cc2c2ccc3ccccc3c21. The smallest absolute Gasteiger partial charge is 0.0568 e. The van der Waals surface area contributed by atoms with Crippen molar-refractivity contribution in [1.29, 1.82) is 0 Å². The first-order chi connectivity index (χ1) is 18.3. The second kappa shape index (κ2) is 7.59. The minimum Gasteiger partial charge on any atom is -0.343 e. The Kier molecular flexibility index (Phi) is 4.18. The highest BCUT2D eigenvalue weighted by atomic mass is 15.0. The van der Waals surface area contributed by atoms with Crippen molar-refractivity contribution in [3.8, 4) is 16.8 Å². The molecular formula is C35H24N2. The molecule has 0 aliphatic heterocycles. The molecule has 0 radical (unpaired) electrons. The van der Waals surface area contributed by atoms with Crippen LogP contribution in [0.3, 0.4) is 0 Å². The molecule has 0 aliphatic carbocycles. The van der Waals surface area contributed by atoms with Gasteiger partial charge < -0.3 is 9.13 Å². The Balaban J connectivity index is 1.38. The highest BCUT2D eigenvalue weighted by Gasteiger charge is 2.15. The van der Waals surface area contributed by atoms with E-state index in [2.05, 4.69) is 144 Å². The van der Waals surface area contributed by atoms with E-state index < -0.39 is 0 Å². The van der Waals surface area contributed by atoms with Crippen LogP contribution < -0.4 is 0 Å². The Bertz CT molecular complexity index is 2140. The fraction of sp³-hybridized carbons (Fsp3) is 0.0286. The molecule has 8 rings (SSSR count). The largest absolute Gasteiger partial charge is 0.343 e. The lowest BCUT2D eigenvalue weighted by atomic mass is 10.00. The predicted octanol–water partition coefficient (Wildman–Crippen LogP) is 9.25. The molecule has 174 valence electrons. The number of nitrogens with zero attached hydrogens (tertiary/aromatic N) is 2. The first kappa shape index (κ1) is 20.4. The summed E-state index contributed by atoms with van der Waals surface area (Å²) in [5.74, 6) is 0. The summed E-state index contributed by atoms with van der Waals surface area (Å²) in [5.41, 5.74) is 8.69. The van der Waals surface area contributed by atoms with Crippen LogP contribution in [0.1, 0.15) is 0 Å². The molecule has 2 heterocycles. The van der Waals surface area contributed by atoms with Crippen LogP contribution in [0.4, 0.5) is 0 Å². The fourth-order valence-corrected chi connectivity index (χ4v) is 6.19. The number of fused-ring (bicyclic) bond motifs is 8. The summed E-state index contributed by atoms with van der Waals surface area (Å²) in [6.07, 6.45) is 0. The van der Waals surface area contributed by atoms with E-state index in [-0.39, 0.29) is 0 Å². The lowest BCUT2D eigenvalue weighted by molar-refractivity contribution is 1.02. The molecule has 0 bridgehead atoms. The number of hydrogen-bond acceptors (Lipinski definition) is 0. The Morgan fingerprint density at radius 1 is 0.432 bits per heavy atom. The molecule has 0 unspecified atom stereocenters. The van der Waals surface area contributed by atoms with Crippen molar-refractivity contribution in [2.45, 2.75) is 0 Å². The molecule has 0 spiro atoms. The maximum absolute atomic E-state index is 2.37. The zero-order valence-electron chi connectivity index (χ0n) is 20.5. The van der Waals surface area contributed by atoms with Gasteiger partial charge in [0.05, 0.1) is 16.6 Å². The van der Waals surface area contributed by atoms with Gasteiger partial charge in [-0.05, 0) is 59.0 Å². The van der Waals surface area contributed by atoms with E-state index in [0.29, 0.717) is 0 Å². The molecule has 0 saturated carbocycles. The number of aromatic nitrogens is 2. The van der Waals surface area contributed by atoms with Gasteiger partial charge in [-0.1, -0.05) is 84.9 Å². The van der Waals surface area contributed by atoms with Crippen molar-refractivity contribution < 1.29 is 0 Å². The standard InChI is InChI=1S/C35H24N2/c1-36-32-19-16-24(22-31(32)29-18-15-23-9-5-6-12-27(23)35(29)36)25-17-20-34-30(21-25)28-13-7-8-14-33(28)37(34)26-10-3-2-4-11-26/h2-22H,1H3. The van der Waals surface area contributed by atoms with E-state index in [1.165, 1.54) is 71.2 Å². The van der Waals surface area contributed by atoms with E-state index in [0.717, 1.165) is 0 Å². The van der Waals surface area contributed by atoms with Gasteiger partial charge in [-0.25, -0.2) is 0 Å². The second-order valence-electron chi connectivity index (χ2n) is 9.89.